The molecule has 4 aromatic rings. The van der Waals surface area contributed by atoms with Crippen LogP contribution in [-0.4, -0.2) is 20.7 Å². The van der Waals surface area contributed by atoms with E-state index in [1.54, 1.807) is 22.9 Å². The van der Waals surface area contributed by atoms with Crippen LogP contribution in [-0.2, 0) is 0 Å². The number of carbonyl (C=O) groups excluding carboxylic acids is 1. The van der Waals surface area contributed by atoms with Crippen molar-refractivity contribution in [2.24, 2.45) is 0 Å². The van der Waals surface area contributed by atoms with E-state index in [-0.39, 0.29) is 11.7 Å². The van der Waals surface area contributed by atoms with Crippen molar-refractivity contribution < 1.29 is 4.79 Å². The first-order valence-electron chi connectivity index (χ1n) is 9.70. The second-order valence-electron chi connectivity index (χ2n) is 7.38. The minimum atomic E-state index is -0.387. The Labute approximate surface area is 190 Å². The van der Waals surface area contributed by atoms with Gasteiger partial charge in [0.05, 0.1) is 5.69 Å². The van der Waals surface area contributed by atoms with Crippen LogP contribution in [0.4, 0.5) is 5.69 Å². The van der Waals surface area contributed by atoms with E-state index in [1.807, 2.05) is 63.2 Å². The van der Waals surface area contributed by atoms with Gasteiger partial charge in [0.15, 0.2) is 5.82 Å². The number of nitrogens with one attached hydrogen (secondary N) is 1. The number of carbonyl (C=O) groups is 1. The molecule has 0 unspecified atom stereocenters. The first-order valence-corrected chi connectivity index (χ1v) is 10.5. The first kappa shape index (κ1) is 21.1. The molecule has 1 heterocycles. The van der Waals surface area contributed by atoms with E-state index < -0.39 is 0 Å². The lowest BCUT2D eigenvalue weighted by Gasteiger charge is -2.09. The molecule has 1 amide bonds. The van der Waals surface area contributed by atoms with Gasteiger partial charge in [-0.3, -0.25) is 4.79 Å². The van der Waals surface area contributed by atoms with Gasteiger partial charge in [-0.1, -0.05) is 41.4 Å². The van der Waals surface area contributed by atoms with Crippen molar-refractivity contribution >= 4 is 34.8 Å². The SMILES string of the molecule is Cc1ccc(C)c(NC(=O)c2nc(-c3ccc(Cl)cc3)n(-c3cc(Cl)ccc3C)n2)c1. The Bertz CT molecular complexity index is 1280. The molecule has 0 spiro atoms. The maximum atomic E-state index is 13.0. The topological polar surface area (TPSA) is 59.8 Å². The summed E-state index contributed by atoms with van der Waals surface area (Å²) < 4.78 is 1.64. The number of amides is 1. The van der Waals surface area contributed by atoms with E-state index >= 15 is 0 Å². The van der Waals surface area contributed by atoms with Crippen LogP contribution in [0.3, 0.4) is 0 Å². The molecule has 1 N–H and O–H groups in total. The van der Waals surface area contributed by atoms with Crippen LogP contribution >= 0.6 is 23.2 Å². The normalized spacial score (nSPS) is 10.9. The quantitative estimate of drug-likeness (QED) is 0.390. The standard InChI is InChI=1S/C24H20Cl2N4O/c1-14-4-5-15(2)20(12-14)27-24(31)22-28-23(17-7-10-18(25)11-8-17)30(29-22)21-13-19(26)9-6-16(21)3/h4-13H,1-3H3,(H,27,31). The van der Waals surface area contributed by atoms with Crippen LogP contribution in [0.15, 0.2) is 60.7 Å². The third-order valence-electron chi connectivity index (χ3n) is 4.95. The fourth-order valence-corrected chi connectivity index (χ4v) is 3.51. The predicted octanol–water partition coefficient (Wildman–Crippen LogP) is 6.42. The number of nitrogens with zero attached hydrogens (tertiary/aromatic N) is 3. The zero-order valence-corrected chi connectivity index (χ0v) is 18.8. The summed E-state index contributed by atoms with van der Waals surface area (Å²) in [7, 11) is 0. The monoisotopic (exact) mass is 450 g/mol. The van der Waals surface area contributed by atoms with Gasteiger partial charge in [-0.2, -0.15) is 0 Å². The lowest BCUT2D eigenvalue weighted by molar-refractivity contribution is 0.101. The maximum absolute atomic E-state index is 13.0. The van der Waals surface area contributed by atoms with Gasteiger partial charge in [-0.05, 0) is 79.9 Å². The van der Waals surface area contributed by atoms with E-state index in [1.165, 1.54) is 0 Å². The molecule has 7 heteroatoms. The molecular formula is C24H20Cl2N4O. The van der Waals surface area contributed by atoms with E-state index in [4.69, 9.17) is 23.2 Å². The average Bonchev–Trinajstić information content (AvgIpc) is 3.18. The molecule has 0 radical (unpaired) electrons. The fraction of sp³-hybridized carbons (Fsp3) is 0.125. The van der Waals surface area contributed by atoms with Gasteiger partial charge in [0.2, 0.25) is 5.82 Å². The molecule has 0 aliphatic carbocycles. The number of aromatic nitrogens is 3. The summed E-state index contributed by atoms with van der Waals surface area (Å²) in [5.41, 5.74) is 5.22. The minimum Gasteiger partial charge on any atom is -0.319 e. The van der Waals surface area contributed by atoms with Gasteiger partial charge in [0.1, 0.15) is 0 Å². The molecular weight excluding hydrogens is 431 g/mol. The summed E-state index contributed by atoms with van der Waals surface area (Å²) in [4.78, 5) is 17.6. The molecule has 0 aliphatic heterocycles. The second kappa shape index (κ2) is 8.53. The molecule has 156 valence electrons. The maximum Gasteiger partial charge on any atom is 0.295 e. The highest BCUT2D eigenvalue weighted by Crippen LogP contribution is 2.27. The highest BCUT2D eigenvalue weighted by molar-refractivity contribution is 6.31. The van der Waals surface area contributed by atoms with Crippen LogP contribution in [0, 0.1) is 20.8 Å². The molecule has 4 rings (SSSR count). The zero-order valence-electron chi connectivity index (χ0n) is 17.3. The van der Waals surface area contributed by atoms with Crippen LogP contribution < -0.4 is 5.32 Å². The van der Waals surface area contributed by atoms with Crippen molar-refractivity contribution in [2.45, 2.75) is 20.8 Å². The van der Waals surface area contributed by atoms with Crippen molar-refractivity contribution in [1.82, 2.24) is 14.8 Å². The summed E-state index contributed by atoms with van der Waals surface area (Å²) in [6.07, 6.45) is 0. The number of halogens is 2. The zero-order chi connectivity index (χ0) is 22.1. The molecule has 0 bridgehead atoms. The Morgan fingerprint density at radius 1 is 0.871 bits per heavy atom. The molecule has 0 aliphatic rings. The van der Waals surface area contributed by atoms with Crippen LogP contribution in [0.25, 0.3) is 17.1 Å². The van der Waals surface area contributed by atoms with E-state index in [0.717, 1.165) is 33.6 Å². The smallest absolute Gasteiger partial charge is 0.295 e. The van der Waals surface area contributed by atoms with Crippen molar-refractivity contribution in [2.75, 3.05) is 5.32 Å². The third kappa shape index (κ3) is 4.48. The second-order valence-corrected chi connectivity index (χ2v) is 8.25. The largest absolute Gasteiger partial charge is 0.319 e. The summed E-state index contributed by atoms with van der Waals surface area (Å²) >= 11 is 12.3. The van der Waals surface area contributed by atoms with Crippen molar-refractivity contribution in [1.29, 1.82) is 0 Å². The molecule has 3 aromatic carbocycles. The lowest BCUT2D eigenvalue weighted by Crippen LogP contribution is -2.15. The molecule has 5 nitrogen and oxygen atoms in total. The third-order valence-corrected chi connectivity index (χ3v) is 5.44. The number of hydrogen-bond donors (Lipinski definition) is 1. The van der Waals surface area contributed by atoms with Crippen LogP contribution in [0.5, 0.6) is 0 Å². The molecule has 0 atom stereocenters. The van der Waals surface area contributed by atoms with Crippen molar-refractivity contribution in [3.05, 3.63) is 93.2 Å². The highest BCUT2D eigenvalue weighted by Gasteiger charge is 2.20. The van der Waals surface area contributed by atoms with Gasteiger partial charge in [-0.15, -0.1) is 5.10 Å². The predicted molar refractivity (Wildman–Crippen MR) is 125 cm³/mol. The Morgan fingerprint density at radius 2 is 1.55 bits per heavy atom. The number of aryl methyl sites for hydroxylation is 3. The Hall–Kier alpha value is -3.15. The summed E-state index contributed by atoms with van der Waals surface area (Å²) in [5, 5.41) is 8.63. The van der Waals surface area contributed by atoms with E-state index in [0.29, 0.717) is 15.9 Å². The highest BCUT2D eigenvalue weighted by atomic mass is 35.5. The Morgan fingerprint density at radius 3 is 2.29 bits per heavy atom. The Kier molecular flexibility index (Phi) is 5.81. The molecule has 1 aromatic heterocycles. The number of benzene rings is 3. The van der Waals surface area contributed by atoms with Gasteiger partial charge in [0, 0.05) is 21.3 Å². The number of rotatable bonds is 4. The van der Waals surface area contributed by atoms with Crippen molar-refractivity contribution in [3.8, 4) is 17.1 Å². The van der Waals surface area contributed by atoms with Gasteiger partial charge in [0.25, 0.3) is 5.91 Å². The fourth-order valence-electron chi connectivity index (χ4n) is 3.22. The van der Waals surface area contributed by atoms with Crippen LogP contribution in [0.2, 0.25) is 10.0 Å². The van der Waals surface area contributed by atoms with E-state index in [2.05, 4.69) is 15.4 Å². The summed E-state index contributed by atoms with van der Waals surface area (Å²) in [6, 6.07) is 18.6. The summed E-state index contributed by atoms with van der Waals surface area (Å²) in [5.74, 6) is 0.195. The van der Waals surface area contributed by atoms with Gasteiger partial charge >= 0.3 is 0 Å². The van der Waals surface area contributed by atoms with Crippen molar-refractivity contribution in [3.63, 3.8) is 0 Å². The minimum absolute atomic E-state index is 0.0604. The van der Waals surface area contributed by atoms with Gasteiger partial charge < -0.3 is 5.32 Å². The average molecular weight is 451 g/mol. The number of anilines is 1. The molecule has 0 saturated heterocycles. The van der Waals surface area contributed by atoms with Gasteiger partial charge in [-0.25, -0.2) is 9.67 Å². The first-order chi connectivity index (χ1) is 14.8. The molecule has 31 heavy (non-hydrogen) atoms. The summed E-state index contributed by atoms with van der Waals surface area (Å²) in [6.45, 7) is 5.87. The molecule has 0 fully saturated rings. The molecule has 0 saturated carbocycles. The Balaban J connectivity index is 1.81. The lowest BCUT2D eigenvalue weighted by atomic mass is 10.1. The number of hydrogen-bond acceptors (Lipinski definition) is 3. The van der Waals surface area contributed by atoms with Crippen LogP contribution in [0.1, 0.15) is 27.3 Å². The van der Waals surface area contributed by atoms with E-state index in [9.17, 15) is 4.79 Å².